The van der Waals surface area contributed by atoms with Gasteiger partial charge in [-0.1, -0.05) is 26.7 Å². The molecule has 0 aromatic rings. The van der Waals surface area contributed by atoms with Crippen LogP contribution in [0.25, 0.3) is 0 Å². The Morgan fingerprint density at radius 2 is 1.58 bits per heavy atom. The molecule has 4 nitrogen and oxygen atoms in total. The third-order valence-corrected chi connectivity index (χ3v) is 2.45. The number of ether oxygens (including phenoxy) is 2. The van der Waals surface area contributed by atoms with Gasteiger partial charge >= 0.3 is 11.9 Å². The molecule has 0 heterocycles. The second-order valence-electron chi connectivity index (χ2n) is 4.63. The maximum Gasteiger partial charge on any atom is 0.331 e. The molecular weight excluding hydrogens is 268 g/mol. The Morgan fingerprint density at radius 1 is 1.00 bits per heavy atom. The molecule has 0 aliphatic heterocycles. The number of hydrogen-bond acceptors (Lipinski definition) is 4. The summed E-state index contributed by atoms with van der Waals surface area (Å²) in [7, 11) is 0. The average molecular weight is 291 g/mol. The summed E-state index contributed by atoms with van der Waals surface area (Å²) < 4.78 is 9.81. The second-order valence-corrected chi connectivity index (χ2v) is 5.01. The molecule has 0 aromatic carbocycles. The van der Waals surface area contributed by atoms with E-state index in [9.17, 15) is 9.59 Å². The fraction of sp³-hybridized carbons (Fsp3) is 0.714. The van der Waals surface area contributed by atoms with Crippen molar-refractivity contribution in [2.75, 3.05) is 19.1 Å². The molecule has 0 amide bonds. The molecule has 0 bridgehead atoms. The van der Waals surface area contributed by atoms with Crippen LogP contribution in [-0.2, 0) is 19.1 Å². The summed E-state index contributed by atoms with van der Waals surface area (Å²) in [6, 6.07) is 0. The van der Waals surface area contributed by atoms with Crippen molar-refractivity contribution in [1.29, 1.82) is 0 Å². The Morgan fingerprint density at radius 3 is 2.16 bits per heavy atom. The largest absolute Gasteiger partial charge is 0.463 e. The van der Waals surface area contributed by atoms with Gasteiger partial charge in [0.1, 0.15) is 0 Å². The van der Waals surface area contributed by atoms with Gasteiger partial charge in [0.25, 0.3) is 0 Å². The lowest BCUT2D eigenvalue weighted by Crippen LogP contribution is -2.08. The van der Waals surface area contributed by atoms with Crippen molar-refractivity contribution >= 4 is 23.5 Å². The highest BCUT2D eigenvalue weighted by Crippen LogP contribution is 2.01. The van der Waals surface area contributed by atoms with Crippen LogP contribution in [0.2, 0.25) is 0 Å². The van der Waals surface area contributed by atoms with Gasteiger partial charge in [-0.2, -0.15) is 0 Å². The molecule has 0 fully saturated rings. The van der Waals surface area contributed by atoms with E-state index in [0.717, 1.165) is 37.8 Å². The number of hydrogen-bond donors (Lipinski definition) is 0. The highest BCUT2D eigenvalue weighted by Gasteiger charge is 2.02. The Hall–Kier alpha value is -1.03. The molecule has 0 saturated carbocycles. The summed E-state index contributed by atoms with van der Waals surface area (Å²) >= 11 is 5.54. The van der Waals surface area contributed by atoms with Gasteiger partial charge in [-0.25, -0.2) is 9.59 Å². The summed E-state index contributed by atoms with van der Waals surface area (Å²) in [4.78, 5) is 22.4. The van der Waals surface area contributed by atoms with Crippen molar-refractivity contribution in [1.82, 2.24) is 0 Å². The fourth-order valence-corrected chi connectivity index (χ4v) is 1.39. The number of unbranched alkanes of at least 4 members (excludes halogenated alkanes) is 3. The van der Waals surface area contributed by atoms with E-state index in [1.54, 1.807) is 0 Å². The molecule has 0 aliphatic carbocycles. The molecule has 0 radical (unpaired) electrons. The van der Waals surface area contributed by atoms with Crippen LogP contribution >= 0.6 is 11.6 Å². The molecule has 0 saturated heterocycles. The maximum absolute atomic E-state index is 11.2. The molecule has 0 unspecified atom stereocenters. The average Bonchev–Trinajstić information content (AvgIpc) is 2.38. The van der Waals surface area contributed by atoms with E-state index in [4.69, 9.17) is 21.1 Å². The van der Waals surface area contributed by atoms with Crippen molar-refractivity contribution in [2.45, 2.75) is 39.5 Å². The van der Waals surface area contributed by atoms with Crippen LogP contribution in [0.3, 0.4) is 0 Å². The highest BCUT2D eigenvalue weighted by atomic mass is 35.5. The minimum Gasteiger partial charge on any atom is -0.463 e. The SMILES string of the molecule is CC(C)COC(=O)/C=C/C(=O)OCCCCCCCl. The van der Waals surface area contributed by atoms with E-state index >= 15 is 0 Å². The Balaban J connectivity index is 3.59. The van der Waals surface area contributed by atoms with E-state index in [0.29, 0.717) is 19.1 Å². The van der Waals surface area contributed by atoms with Crippen LogP contribution in [-0.4, -0.2) is 31.0 Å². The monoisotopic (exact) mass is 290 g/mol. The van der Waals surface area contributed by atoms with Crippen molar-refractivity contribution < 1.29 is 19.1 Å². The predicted octanol–water partition coefficient (Wildman–Crippen LogP) is 3.08. The van der Waals surface area contributed by atoms with Crippen molar-refractivity contribution in [3.63, 3.8) is 0 Å². The quantitative estimate of drug-likeness (QED) is 0.268. The molecule has 0 spiro atoms. The third-order valence-electron chi connectivity index (χ3n) is 2.19. The summed E-state index contributed by atoms with van der Waals surface area (Å²) in [6.07, 6.45) is 6.02. The second kappa shape index (κ2) is 12.0. The lowest BCUT2D eigenvalue weighted by atomic mass is 10.2. The van der Waals surface area contributed by atoms with Crippen LogP contribution in [0.5, 0.6) is 0 Å². The Labute approximate surface area is 120 Å². The molecule has 0 N–H and O–H groups in total. The number of rotatable bonds is 10. The van der Waals surface area contributed by atoms with E-state index in [1.165, 1.54) is 0 Å². The van der Waals surface area contributed by atoms with Crippen LogP contribution in [0, 0.1) is 5.92 Å². The number of esters is 2. The topological polar surface area (TPSA) is 52.6 Å². The van der Waals surface area contributed by atoms with E-state index in [1.807, 2.05) is 13.8 Å². The standard InChI is InChI=1S/C14H23ClO4/c1-12(2)11-19-14(17)8-7-13(16)18-10-6-4-3-5-9-15/h7-8,12H,3-6,9-11H2,1-2H3/b8-7+. The zero-order valence-electron chi connectivity index (χ0n) is 11.7. The van der Waals surface area contributed by atoms with Gasteiger partial charge < -0.3 is 9.47 Å². The van der Waals surface area contributed by atoms with Crippen LogP contribution in [0.4, 0.5) is 0 Å². The Bertz CT molecular complexity index is 287. The number of halogens is 1. The summed E-state index contributed by atoms with van der Waals surface area (Å²) in [5, 5.41) is 0. The molecule has 0 rings (SSSR count). The number of carbonyl (C=O) groups is 2. The van der Waals surface area contributed by atoms with Gasteiger partial charge in [0, 0.05) is 18.0 Å². The van der Waals surface area contributed by atoms with Crippen molar-refractivity contribution in [2.24, 2.45) is 5.92 Å². The number of carbonyl (C=O) groups excluding carboxylic acids is 2. The molecular formula is C14H23ClO4. The van der Waals surface area contributed by atoms with Crippen LogP contribution in [0.1, 0.15) is 39.5 Å². The minimum absolute atomic E-state index is 0.275. The first-order valence-electron chi connectivity index (χ1n) is 6.63. The number of alkyl halides is 1. The molecule has 19 heavy (non-hydrogen) atoms. The zero-order chi connectivity index (χ0) is 14.5. The van der Waals surface area contributed by atoms with Gasteiger partial charge in [0.05, 0.1) is 13.2 Å². The van der Waals surface area contributed by atoms with E-state index in [2.05, 4.69) is 0 Å². The third kappa shape index (κ3) is 13.2. The smallest absolute Gasteiger partial charge is 0.331 e. The Kier molecular flexibility index (Phi) is 11.4. The van der Waals surface area contributed by atoms with Crippen LogP contribution < -0.4 is 0 Å². The van der Waals surface area contributed by atoms with Crippen LogP contribution in [0.15, 0.2) is 12.2 Å². The molecule has 110 valence electrons. The highest BCUT2D eigenvalue weighted by molar-refractivity contribution is 6.17. The first-order chi connectivity index (χ1) is 9.06. The normalized spacial score (nSPS) is 10.9. The molecule has 0 atom stereocenters. The maximum atomic E-state index is 11.2. The van der Waals surface area contributed by atoms with E-state index in [-0.39, 0.29) is 5.92 Å². The lowest BCUT2D eigenvalue weighted by molar-refractivity contribution is -0.141. The zero-order valence-corrected chi connectivity index (χ0v) is 12.4. The molecule has 0 aromatic heterocycles. The van der Waals surface area contributed by atoms with Crippen molar-refractivity contribution in [3.8, 4) is 0 Å². The van der Waals surface area contributed by atoms with Gasteiger partial charge in [-0.15, -0.1) is 11.6 Å². The van der Waals surface area contributed by atoms with Gasteiger partial charge in [0.15, 0.2) is 0 Å². The molecule has 0 aliphatic rings. The molecule has 5 heteroatoms. The summed E-state index contributed by atoms with van der Waals surface area (Å²) in [5.41, 5.74) is 0. The first-order valence-corrected chi connectivity index (χ1v) is 7.17. The predicted molar refractivity (Wildman–Crippen MR) is 75.1 cm³/mol. The van der Waals surface area contributed by atoms with Crippen molar-refractivity contribution in [3.05, 3.63) is 12.2 Å². The van der Waals surface area contributed by atoms with E-state index < -0.39 is 11.9 Å². The lowest BCUT2D eigenvalue weighted by Gasteiger charge is -2.04. The van der Waals surface area contributed by atoms with Gasteiger partial charge in [0.2, 0.25) is 0 Å². The van der Waals surface area contributed by atoms with Gasteiger partial charge in [-0.3, -0.25) is 0 Å². The summed E-state index contributed by atoms with van der Waals surface area (Å²) in [6.45, 7) is 4.59. The first kappa shape index (κ1) is 18.0. The summed E-state index contributed by atoms with van der Waals surface area (Å²) in [5.74, 6) is -0.0926. The fourth-order valence-electron chi connectivity index (χ4n) is 1.20. The van der Waals surface area contributed by atoms with Gasteiger partial charge in [-0.05, 0) is 18.8 Å². The minimum atomic E-state index is -0.521.